The largest absolute Gasteiger partial charge is 0.487 e. The van der Waals surface area contributed by atoms with Crippen LogP contribution in [0.1, 0.15) is 24.4 Å². The van der Waals surface area contributed by atoms with Crippen molar-refractivity contribution in [1.29, 1.82) is 0 Å². The Morgan fingerprint density at radius 1 is 1.25 bits per heavy atom. The topological polar surface area (TPSA) is 99.2 Å². The van der Waals surface area contributed by atoms with Crippen molar-refractivity contribution in [3.05, 3.63) is 77.9 Å². The number of hydrogen-bond donors (Lipinski definition) is 1. The van der Waals surface area contributed by atoms with Crippen molar-refractivity contribution in [2.45, 2.75) is 25.5 Å². The van der Waals surface area contributed by atoms with E-state index in [0.29, 0.717) is 46.4 Å². The number of aromatic nitrogens is 4. The Kier molecular flexibility index (Phi) is 6.56. The number of anilines is 1. The molecule has 1 amide bonds. The number of nitrogen functional groups attached to an aromatic ring is 1. The molecule has 0 unspecified atom stereocenters. The number of carbonyl (C=O) groups excluding carboxylic acids is 1. The number of benzene rings is 2. The third-order valence-corrected chi connectivity index (χ3v) is 6.56. The summed E-state index contributed by atoms with van der Waals surface area (Å²) in [6.07, 6.45) is 4.43. The predicted octanol–water partition coefficient (Wildman–Crippen LogP) is 4.80. The lowest BCUT2D eigenvalue weighted by Gasteiger charge is -2.32. The highest BCUT2D eigenvalue weighted by Crippen LogP contribution is 2.37. The number of likely N-dealkylation sites (tertiary alicyclic amines) is 1. The van der Waals surface area contributed by atoms with Crippen molar-refractivity contribution in [3.63, 3.8) is 0 Å². The minimum atomic E-state index is -0.302. The first-order valence-corrected chi connectivity index (χ1v) is 11.9. The Balaban J connectivity index is 1.46. The number of halogens is 2. The van der Waals surface area contributed by atoms with Crippen LogP contribution in [0.25, 0.3) is 22.3 Å². The summed E-state index contributed by atoms with van der Waals surface area (Å²) >= 11 is 6.55. The van der Waals surface area contributed by atoms with Gasteiger partial charge in [0, 0.05) is 18.7 Å². The average molecular weight is 507 g/mol. The molecule has 0 bridgehead atoms. The highest BCUT2D eigenvalue weighted by molar-refractivity contribution is 6.32. The van der Waals surface area contributed by atoms with Gasteiger partial charge in [0.25, 0.3) is 0 Å². The first-order chi connectivity index (χ1) is 17.4. The van der Waals surface area contributed by atoms with Crippen molar-refractivity contribution < 1.29 is 13.9 Å². The van der Waals surface area contributed by atoms with E-state index in [0.717, 1.165) is 24.0 Å². The smallest absolute Gasteiger partial charge is 0.246 e. The summed E-state index contributed by atoms with van der Waals surface area (Å²) in [5.41, 5.74) is 9.01. The van der Waals surface area contributed by atoms with E-state index in [1.165, 1.54) is 24.5 Å². The number of carbonyl (C=O) groups is 1. The van der Waals surface area contributed by atoms with Gasteiger partial charge in [-0.15, -0.1) is 0 Å². The number of piperidine rings is 1. The standard InChI is InChI=1S/C26H24ClFN6O2/c1-2-22(35)33-11-3-4-19(13-33)34-26-23(25(29)30-15-31-26)24(32-34)17-7-10-21(20(27)12-17)36-14-16-5-8-18(28)9-6-16/h2,5-10,12,15,19H,1,3-4,11,13-14H2,(H2,29,30,31)/t19-/m1/s1. The van der Waals surface area contributed by atoms with Crippen LogP contribution in [0, 0.1) is 5.82 Å². The molecule has 1 fully saturated rings. The van der Waals surface area contributed by atoms with Crippen LogP contribution in [-0.4, -0.2) is 43.6 Å². The van der Waals surface area contributed by atoms with Crippen molar-refractivity contribution in [3.8, 4) is 17.0 Å². The van der Waals surface area contributed by atoms with Gasteiger partial charge >= 0.3 is 0 Å². The van der Waals surface area contributed by atoms with E-state index in [9.17, 15) is 9.18 Å². The van der Waals surface area contributed by atoms with Crippen LogP contribution in [0.15, 0.2) is 61.4 Å². The zero-order valence-electron chi connectivity index (χ0n) is 19.4. The lowest BCUT2D eigenvalue weighted by molar-refractivity contribution is -0.127. The molecule has 0 saturated carbocycles. The molecule has 0 radical (unpaired) electrons. The number of hydrogen-bond acceptors (Lipinski definition) is 6. The molecule has 3 heterocycles. The molecule has 2 N–H and O–H groups in total. The molecule has 1 aliphatic heterocycles. The summed E-state index contributed by atoms with van der Waals surface area (Å²) in [5, 5.41) is 5.89. The van der Waals surface area contributed by atoms with Gasteiger partial charge in [-0.1, -0.05) is 30.3 Å². The van der Waals surface area contributed by atoms with Gasteiger partial charge in [-0.25, -0.2) is 19.0 Å². The summed E-state index contributed by atoms with van der Waals surface area (Å²) in [6, 6.07) is 11.4. The average Bonchev–Trinajstić information content (AvgIpc) is 3.29. The summed E-state index contributed by atoms with van der Waals surface area (Å²) in [7, 11) is 0. The van der Waals surface area contributed by atoms with E-state index in [1.54, 1.807) is 29.2 Å². The van der Waals surface area contributed by atoms with Crippen molar-refractivity contribution in [2.75, 3.05) is 18.8 Å². The van der Waals surface area contributed by atoms with Gasteiger partial charge in [0.1, 0.15) is 36.0 Å². The first kappa shape index (κ1) is 23.7. The molecule has 184 valence electrons. The molecule has 4 aromatic rings. The van der Waals surface area contributed by atoms with Crippen LogP contribution in [0.2, 0.25) is 5.02 Å². The Morgan fingerprint density at radius 3 is 2.81 bits per heavy atom. The number of nitrogens with zero attached hydrogens (tertiary/aromatic N) is 5. The Labute approximate surface area is 212 Å². The SMILES string of the molecule is C=CC(=O)N1CCC[C@@H](n2nc(-c3ccc(OCc4ccc(F)cc4)c(Cl)c3)c3c(N)ncnc32)C1. The van der Waals surface area contributed by atoms with Crippen molar-refractivity contribution in [1.82, 2.24) is 24.6 Å². The maximum Gasteiger partial charge on any atom is 0.246 e. The quantitative estimate of drug-likeness (QED) is 0.377. The van der Waals surface area contributed by atoms with Gasteiger partial charge in [-0.05, 0) is 54.8 Å². The van der Waals surface area contributed by atoms with E-state index in [-0.39, 0.29) is 24.4 Å². The molecule has 10 heteroatoms. The van der Waals surface area contributed by atoms with Crippen LogP contribution in [0.4, 0.5) is 10.2 Å². The highest BCUT2D eigenvalue weighted by Gasteiger charge is 2.28. The first-order valence-electron chi connectivity index (χ1n) is 11.5. The molecule has 2 aromatic heterocycles. The lowest BCUT2D eigenvalue weighted by Crippen LogP contribution is -2.40. The zero-order chi connectivity index (χ0) is 25.2. The predicted molar refractivity (Wildman–Crippen MR) is 136 cm³/mol. The maximum absolute atomic E-state index is 13.1. The number of fused-ring (bicyclic) bond motifs is 1. The molecule has 2 aromatic carbocycles. The van der Waals surface area contributed by atoms with E-state index in [4.69, 9.17) is 27.2 Å². The molecule has 8 nitrogen and oxygen atoms in total. The van der Waals surface area contributed by atoms with E-state index >= 15 is 0 Å². The van der Waals surface area contributed by atoms with Gasteiger partial charge in [0.05, 0.1) is 16.5 Å². The Morgan fingerprint density at radius 2 is 2.06 bits per heavy atom. The lowest BCUT2D eigenvalue weighted by atomic mass is 10.1. The number of ether oxygens (including phenoxy) is 1. The highest BCUT2D eigenvalue weighted by atomic mass is 35.5. The third kappa shape index (κ3) is 4.61. The van der Waals surface area contributed by atoms with Gasteiger partial charge < -0.3 is 15.4 Å². The third-order valence-electron chi connectivity index (χ3n) is 6.26. The van der Waals surface area contributed by atoms with Crippen molar-refractivity contribution in [2.24, 2.45) is 0 Å². The molecule has 36 heavy (non-hydrogen) atoms. The summed E-state index contributed by atoms with van der Waals surface area (Å²) in [5.74, 6) is 0.394. The molecular formula is C26H24ClFN6O2. The van der Waals surface area contributed by atoms with E-state index in [2.05, 4.69) is 16.5 Å². The fourth-order valence-electron chi connectivity index (χ4n) is 4.44. The molecule has 1 atom stereocenters. The summed E-state index contributed by atoms with van der Waals surface area (Å²) < 4.78 is 20.8. The second kappa shape index (κ2) is 9.94. The van der Waals surface area contributed by atoms with Crippen molar-refractivity contribution >= 4 is 34.4 Å². The Bertz CT molecular complexity index is 1440. The maximum atomic E-state index is 13.1. The minimum absolute atomic E-state index is 0.0676. The molecule has 0 spiro atoms. The zero-order valence-corrected chi connectivity index (χ0v) is 20.2. The molecule has 0 aliphatic carbocycles. The number of rotatable bonds is 6. The number of nitrogens with two attached hydrogens (primary N) is 1. The fraction of sp³-hybridized carbons (Fsp3) is 0.231. The minimum Gasteiger partial charge on any atom is -0.487 e. The second-order valence-electron chi connectivity index (χ2n) is 8.60. The monoisotopic (exact) mass is 506 g/mol. The van der Waals surface area contributed by atoms with Crippen LogP contribution in [0.5, 0.6) is 5.75 Å². The number of amides is 1. The van der Waals surface area contributed by atoms with Gasteiger partial charge in [-0.3, -0.25) is 4.79 Å². The fourth-order valence-corrected chi connectivity index (χ4v) is 4.68. The van der Waals surface area contributed by atoms with Gasteiger partial charge in [0.15, 0.2) is 5.65 Å². The molecule has 1 saturated heterocycles. The summed E-state index contributed by atoms with van der Waals surface area (Å²) in [4.78, 5) is 22.6. The van der Waals surface area contributed by atoms with Crippen LogP contribution in [-0.2, 0) is 11.4 Å². The Hall–Kier alpha value is -3.98. The van der Waals surface area contributed by atoms with Crippen LogP contribution >= 0.6 is 11.6 Å². The van der Waals surface area contributed by atoms with Gasteiger partial charge in [0.2, 0.25) is 5.91 Å². The van der Waals surface area contributed by atoms with E-state index < -0.39 is 0 Å². The van der Waals surface area contributed by atoms with Crippen LogP contribution < -0.4 is 10.5 Å². The van der Waals surface area contributed by atoms with Gasteiger partial charge in [-0.2, -0.15) is 5.10 Å². The summed E-state index contributed by atoms with van der Waals surface area (Å²) in [6.45, 7) is 5.03. The normalized spacial score (nSPS) is 15.7. The molecular weight excluding hydrogens is 483 g/mol. The molecule has 5 rings (SSSR count). The second-order valence-corrected chi connectivity index (χ2v) is 9.00. The molecule has 1 aliphatic rings. The van der Waals surface area contributed by atoms with Crippen LogP contribution in [0.3, 0.4) is 0 Å². The van der Waals surface area contributed by atoms with E-state index in [1.807, 2.05) is 10.7 Å².